The Bertz CT molecular complexity index is 1120. The van der Waals surface area contributed by atoms with E-state index in [1.807, 2.05) is 30.3 Å². The number of rotatable bonds is 9. The molecule has 3 aromatic rings. The quantitative estimate of drug-likeness (QED) is 0.398. The van der Waals surface area contributed by atoms with Gasteiger partial charge in [0.1, 0.15) is 0 Å². The lowest BCUT2D eigenvalue weighted by Gasteiger charge is -2.10. The molecule has 0 amide bonds. The van der Waals surface area contributed by atoms with Crippen LogP contribution in [0, 0.1) is 6.92 Å². The normalized spacial score (nSPS) is 11.3. The van der Waals surface area contributed by atoms with Gasteiger partial charge in [0.05, 0.1) is 22.0 Å². The Hall–Kier alpha value is -2.96. The molecule has 0 aliphatic carbocycles. The molecular formula is C25H27NO4S. The van der Waals surface area contributed by atoms with Gasteiger partial charge in [0.25, 0.3) is 0 Å². The van der Waals surface area contributed by atoms with Crippen LogP contribution in [0.15, 0.2) is 82.6 Å². The highest BCUT2D eigenvalue weighted by Crippen LogP contribution is 2.24. The van der Waals surface area contributed by atoms with E-state index in [1.54, 1.807) is 26.0 Å². The van der Waals surface area contributed by atoms with Crippen molar-refractivity contribution in [2.75, 3.05) is 13.2 Å². The van der Waals surface area contributed by atoms with E-state index < -0.39 is 15.8 Å². The fourth-order valence-corrected chi connectivity index (χ4v) is 4.62. The van der Waals surface area contributed by atoms with Gasteiger partial charge < -0.3 is 10.1 Å². The predicted molar refractivity (Wildman–Crippen MR) is 121 cm³/mol. The second-order valence-electron chi connectivity index (χ2n) is 7.26. The standard InChI is InChI=1S/C25H27NO4S/c1-3-30-25(27)24-14-13-23(17-19(24)2)31(28,29)22-11-9-20(10-12-22)15-16-26-18-21-7-5-4-6-8-21/h4-14,17,26H,3,15-16,18H2,1-2H3. The first-order chi connectivity index (χ1) is 14.9. The Balaban J connectivity index is 1.64. The second-order valence-corrected chi connectivity index (χ2v) is 9.21. The molecule has 0 atom stereocenters. The van der Waals surface area contributed by atoms with Crippen molar-refractivity contribution >= 4 is 15.8 Å². The average Bonchev–Trinajstić information content (AvgIpc) is 2.78. The van der Waals surface area contributed by atoms with Crippen LogP contribution < -0.4 is 5.32 Å². The van der Waals surface area contributed by atoms with Crippen LogP contribution in [0.2, 0.25) is 0 Å². The molecule has 0 aliphatic heterocycles. The van der Waals surface area contributed by atoms with Crippen molar-refractivity contribution in [2.24, 2.45) is 0 Å². The molecule has 1 N–H and O–H groups in total. The van der Waals surface area contributed by atoms with Crippen LogP contribution in [-0.4, -0.2) is 27.5 Å². The lowest BCUT2D eigenvalue weighted by Crippen LogP contribution is -2.16. The Morgan fingerprint density at radius 1 is 0.903 bits per heavy atom. The van der Waals surface area contributed by atoms with E-state index >= 15 is 0 Å². The minimum atomic E-state index is -3.66. The van der Waals surface area contributed by atoms with E-state index in [-0.39, 0.29) is 16.4 Å². The summed E-state index contributed by atoms with van der Waals surface area (Å²) in [6, 6.07) is 21.6. The van der Waals surface area contributed by atoms with Gasteiger partial charge in [-0.1, -0.05) is 42.5 Å². The molecule has 3 aromatic carbocycles. The first-order valence-corrected chi connectivity index (χ1v) is 11.8. The largest absolute Gasteiger partial charge is 0.462 e. The van der Waals surface area contributed by atoms with Crippen molar-refractivity contribution in [3.05, 3.63) is 95.1 Å². The van der Waals surface area contributed by atoms with Crippen molar-refractivity contribution in [3.63, 3.8) is 0 Å². The van der Waals surface area contributed by atoms with Gasteiger partial charge >= 0.3 is 5.97 Å². The highest BCUT2D eigenvalue weighted by molar-refractivity contribution is 7.91. The fraction of sp³-hybridized carbons (Fsp3) is 0.240. The number of carbonyl (C=O) groups excluding carboxylic acids is 1. The Labute approximate surface area is 184 Å². The van der Waals surface area contributed by atoms with Crippen LogP contribution >= 0.6 is 0 Å². The van der Waals surface area contributed by atoms with Gasteiger partial charge in [-0.15, -0.1) is 0 Å². The molecule has 162 valence electrons. The maximum absolute atomic E-state index is 13.0. The summed E-state index contributed by atoms with van der Waals surface area (Å²) in [5, 5.41) is 3.39. The number of benzene rings is 3. The number of hydrogen-bond donors (Lipinski definition) is 1. The predicted octanol–water partition coefficient (Wildman–Crippen LogP) is 4.34. The van der Waals surface area contributed by atoms with Gasteiger partial charge in [-0.2, -0.15) is 0 Å². The molecule has 0 heterocycles. The molecule has 0 unspecified atom stereocenters. The van der Waals surface area contributed by atoms with Crippen LogP contribution in [0.4, 0.5) is 0 Å². The van der Waals surface area contributed by atoms with E-state index in [1.165, 1.54) is 23.8 Å². The summed E-state index contributed by atoms with van der Waals surface area (Å²) in [7, 11) is -3.66. The zero-order valence-electron chi connectivity index (χ0n) is 17.8. The molecule has 0 spiro atoms. The lowest BCUT2D eigenvalue weighted by atomic mass is 10.1. The second kappa shape index (κ2) is 10.4. The van der Waals surface area contributed by atoms with Crippen LogP contribution in [-0.2, 0) is 27.5 Å². The molecular weight excluding hydrogens is 410 g/mol. The molecule has 5 nitrogen and oxygen atoms in total. The molecule has 0 aromatic heterocycles. The van der Waals surface area contributed by atoms with Gasteiger partial charge in [0, 0.05) is 6.54 Å². The van der Waals surface area contributed by atoms with Gasteiger partial charge in [-0.3, -0.25) is 0 Å². The average molecular weight is 438 g/mol. The van der Waals surface area contributed by atoms with Gasteiger partial charge in [0.2, 0.25) is 9.84 Å². The Kier molecular flexibility index (Phi) is 7.60. The number of aryl methyl sites for hydroxylation is 1. The summed E-state index contributed by atoms with van der Waals surface area (Å²) in [4.78, 5) is 12.3. The fourth-order valence-electron chi connectivity index (χ4n) is 3.27. The van der Waals surface area contributed by atoms with Crippen LogP contribution in [0.1, 0.15) is 34.0 Å². The minimum absolute atomic E-state index is 0.162. The third-order valence-corrected chi connectivity index (χ3v) is 6.77. The molecule has 0 fully saturated rings. The van der Waals surface area contributed by atoms with Gasteiger partial charge in [0.15, 0.2) is 0 Å². The third kappa shape index (κ3) is 5.81. The smallest absolute Gasteiger partial charge is 0.338 e. The van der Waals surface area contributed by atoms with Crippen LogP contribution in [0.25, 0.3) is 0 Å². The van der Waals surface area contributed by atoms with Crippen molar-refractivity contribution in [1.29, 1.82) is 0 Å². The highest BCUT2D eigenvalue weighted by atomic mass is 32.2. The molecule has 0 saturated heterocycles. The molecule has 3 rings (SSSR count). The minimum Gasteiger partial charge on any atom is -0.462 e. The van der Waals surface area contributed by atoms with Crippen molar-refractivity contribution in [1.82, 2.24) is 5.32 Å². The van der Waals surface area contributed by atoms with E-state index in [4.69, 9.17) is 4.74 Å². The number of carbonyl (C=O) groups is 1. The summed E-state index contributed by atoms with van der Waals surface area (Å²) >= 11 is 0. The van der Waals surface area contributed by atoms with Crippen molar-refractivity contribution in [3.8, 4) is 0 Å². The summed E-state index contributed by atoms with van der Waals surface area (Å²) < 4.78 is 31.0. The summed E-state index contributed by atoms with van der Waals surface area (Å²) in [5.41, 5.74) is 3.24. The SMILES string of the molecule is CCOC(=O)c1ccc(S(=O)(=O)c2ccc(CCNCc3ccccc3)cc2)cc1C. The molecule has 0 bridgehead atoms. The van der Waals surface area contributed by atoms with Crippen LogP contribution in [0.3, 0.4) is 0 Å². The zero-order chi connectivity index (χ0) is 22.3. The third-order valence-electron chi connectivity index (χ3n) is 5.00. The number of esters is 1. The van der Waals surface area contributed by atoms with E-state index in [2.05, 4.69) is 17.4 Å². The van der Waals surface area contributed by atoms with Crippen molar-refractivity contribution in [2.45, 2.75) is 36.6 Å². The molecule has 6 heteroatoms. The lowest BCUT2D eigenvalue weighted by molar-refractivity contribution is 0.0525. The summed E-state index contributed by atoms with van der Waals surface area (Å²) in [5.74, 6) is -0.450. The highest BCUT2D eigenvalue weighted by Gasteiger charge is 2.20. The molecule has 0 saturated carbocycles. The topological polar surface area (TPSA) is 72.5 Å². The number of nitrogens with one attached hydrogen (secondary N) is 1. The molecule has 31 heavy (non-hydrogen) atoms. The molecule has 0 aliphatic rings. The number of ether oxygens (including phenoxy) is 1. The van der Waals surface area contributed by atoms with E-state index in [9.17, 15) is 13.2 Å². The number of hydrogen-bond acceptors (Lipinski definition) is 5. The molecule has 0 radical (unpaired) electrons. The van der Waals surface area contributed by atoms with Crippen LogP contribution in [0.5, 0.6) is 0 Å². The first-order valence-electron chi connectivity index (χ1n) is 10.3. The summed E-state index contributed by atoms with van der Waals surface area (Å²) in [6.45, 7) is 5.31. The maximum atomic E-state index is 13.0. The zero-order valence-corrected chi connectivity index (χ0v) is 18.6. The summed E-state index contributed by atoms with van der Waals surface area (Å²) in [6.07, 6.45) is 0.806. The monoisotopic (exact) mass is 437 g/mol. The maximum Gasteiger partial charge on any atom is 0.338 e. The van der Waals surface area contributed by atoms with Gasteiger partial charge in [-0.25, -0.2) is 13.2 Å². The van der Waals surface area contributed by atoms with E-state index in [0.29, 0.717) is 11.1 Å². The van der Waals surface area contributed by atoms with Crippen molar-refractivity contribution < 1.29 is 17.9 Å². The Morgan fingerprint density at radius 3 is 2.23 bits per heavy atom. The number of sulfone groups is 1. The van der Waals surface area contributed by atoms with Gasteiger partial charge in [-0.05, 0) is 73.8 Å². The van der Waals surface area contributed by atoms with E-state index in [0.717, 1.165) is 25.1 Å². The first kappa shape index (κ1) is 22.7. The Morgan fingerprint density at radius 2 is 1.58 bits per heavy atom.